The van der Waals surface area contributed by atoms with Crippen molar-refractivity contribution in [1.82, 2.24) is 20.3 Å². The predicted molar refractivity (Wildman–Crippen MR) is 101 cm³/mol. The largest absolute Gasteiger partial charge is 0.347 e. The number of amides is 2. The Morgan fingerprint density at radius 2 is 1.67 bits per heavy atom. The zero-order chi connectivity index (χ0) is 19.1. The molecule has 0 fully saturated rings. The number of carbonyl (C=O) groups excluding carboxylic acids is 2. The fourth-order valence-electron chi connectivity index (χ4n) is 2.31. The van der Waals surface area contributed by atoms with Gasteiger partial charge in [-0.25, -0.2) is 9.97 Å². The summed E-state index contributed by atoms with van der Waals surface area (Å²) >= 11 is 0. The molecular formula is C19H18N6O2. The van der Waals surface area contributed by atoms with E-state index >= 15 is 0 Å². The Bertz CT molecular complexity index is 928. The Hall–Kier alpha value is -3.81. The number of pyridine rings is 1. The highest BCUT2D eigenvalue weighted by atomic mass is 16.2. The van der Waals surface area contributed by atoms with E-state index in [4.69, 9.17) is 0 Å². The molecule has 0 atom stereocenters. The fraction of sp³-hybridized carbons (Fsp3) is 0.105. The summed E-state index contributed by atoms with van der Waals surface area (Å²) in [6.07, 6.45) is 4.67. The van der Waals surface area contributed by atoms with Crippen LogP contribution in [0.15, 0.2) is 61.2 Å². The van der Waals surface area contributed by atoms with Gasteiger partial charge in [-0.05, 0) is 42.0 Å². The first kappa shape index (κ1) is 18.0. The maximum atomic E-state index is 12.3. The molecule has 3 aromatic rings. The van der Waals surface area contributed by atoms with E-state index < -0.39 is 0 Å². The molecule has 0 saturated heterocycles. The minimum Gasteiger partial charge on any atom is -0.347 e. The average Bonchev–Trinajstić information content (AvgIpc) is 2.68. The number of nitrogens with zero attached hydrogens (tertiary/aromatic N) is 3. The number of nitrogens with one attached hydrogen (secondary N) is 3. The van der Waals surface area contributed by atoms with Crippen LogP contribution >= 0.6 is 0 Å². The van der Waals surface area contributed by atoms with Gasteiger partial charge < -0.3 is 16.0 Å². The number of hydrogen-bond acceptors (Lipinski definition) is 6. The smallest absolute Gasteiger partial charge is 0.270 e. The van der Waals surface area contributed by atoms with Crippen LogP contribution in [0, 0.1) is 0 Å². The number of benzene rings is 1. The van der Waals surface area contributed by atoms with E-state index in [0.717, 1.165) is 11.3 Å². The third-order valence-electron chi connectivity index (χ3n) is 3.58. The van der Waals surface area contributed by atoms with Gasteiger partial charge in [0, 0.05) is 43.3 Å². The summed E-state index contributed by atoms with van der Waals surface area (Å²) in [6.45, 7) is 1.84. The molecule has 0 aliphatic rings. The summed E-state index contributed by atoms with van der Waals surface area (Å²) in [7, 11) is 0. The quantitative estimate of drug-likeness (QED) is 0.622. The van der Waals surface area contributed by atoms with Crippen molar-refractivity contribution in [1.29, 1.82) is 0 Å². The molecule has 0 aliphatic heterocycles. The average molecular weight is 362 g/mol. The lowest BCUT2D eigenvalue weighted by molar-refractivity contribution is -0.114. The second kappa shape index (κ2) is 8.52. The molecular weight excluding hydrogens is 344 g/mol. The van der Waals surface area contributed by atoms with Gasteiger partial charge in [0.2, 0.25) is 5.91 Å². The van der Waals surface area contributed by atoms with Gasteiger partial charge in [0.25, 0.3) is 5.91 Å². The molecule has 0 saturated carbocycles. The van der Waals surface area contributed by atoms with Crippen LogP contribution in [0.2, 0.25) is 0 Å². The molecule has 3 rings (SSSR count). The molecule has 8 heteroatoms. The molecule has 0 aliphatic carbocycles. The standard InChI is InChI=1S/C19H18N6O2/c1-13(26)24-15-2-4-16(5-3-15)25-18-10-17(22-12-23-18)19(27)21-11-14-6-8-20-9-7-14/h2-10,12H,11H2,1H3,(H,21,27)(H,24,26)(H,22,23,25). The first-order chi connectivity index (χ1) is 13.1. The Labute approximate surface area is 156 Å². The van der Waals surface area contributed by atoms with Crippen molar-refractivity contribution in [3.8, 4) is 0 Å². The van der Waals surface area contributed by atoms with Crippen LogP contribution < -0.4 is 16.0 Å². The van der Waals surface area contributed by atoms with Gasteiger partial charge in [0.1, 0.15) is 17.8 Å². The van der Waals surface area contributed by atoms with Crippen LogP contribution in [0.5, 0.6) is 0 Å². The Kier molecular flexibility index (Phi) is 5.68. The Balaban J connectivity index is 1.62. The first-order valence-electron chi connectivity index (χ1n) is 8.24. The van der Waals surface area contributed by atoms with Gasteiger partial charge in [-0.3, -0.25) is 14.6 Å². The molecule has 0 unspecified atom stereocenters. The van der Waals surface area contributed by atoms with E-state index in [2.05, 4.69) is 30.9 Å². The minimum atomic E-state index is -0.293. The second-order valence-electron chi connectivity index (χ2n) is 5.71. The Morgan fingerprint density at radius 3 is 2.37 bits per heavy atom. The van der Waals surface area contributed by atoms with Gasteiger partial charge in [0.05, 0.1) is 0 Å². The van der Waals surface area contributed by atoms with Gasteiger partial charge in [-0.2, -0.15) is 0 Å². The predicted octanol–water partition coefficient (Wildman–Crippen LogP) is 2.50. The van der Waals surface area contributed by atoms with E-state index in [1.54, 1.807) is 42.7 Å². The summed E-state index contributed by atoms with van der Waals surface area (Å²) in [5.74, 6) is 0.0681. The maximum Gasteiger partial charge on any atom is 0.270 e. The van der Waals surface area contributed by atoms with E-state index in [1.165, 1.54) is 13.3 Å². The van der Waals surface area contributed by atoms with Crippen molar-refractivity contribution >= 4 is 29.0 Å². The Morgan fingerprint density at radius 1 is 0.963 bits per heavy atom. The van der Waals surface area contributed by atoms with Crippen molar-refractivity contribution in [3.05, 3.63) is 72.4 Å². The van der Waals surface area contributed by atoms with Crippen LogP contribution in [0.1, 0.15) is 23.0 Å². The van der Waals surface area contributed by atoms with Crippen molar-refractivity contribution in [2.75, 3.05) is 10.6 Å². The van der Waals surface area contributed by atoms with E-state index in [9.17, 15) is 9.59 Å². The van der Waals surface area contributed by atoms with Crippen LogP contribution in [0.25, 0.3) is 0 Å². The molecule has 0 radical (unpaired) electrons. The molecule has 1 aromatic carbocycles. The molecule has 0 bridgehead atoms. The number of carbonyl (C=O) groups is 2. The number of hydrogen-bond donors (Lipinski definition) is 3. The molecule has 27 heavy (non-hydrogen) atoms. The number of rotatable bonds is 6. The molecule has 136 valence electrons. The highest BCUT2D eigenvalue weighted by molar-refractivity contribution is 5.93. The molecule has 2 aromatic heterocycles. The van der Waals surface area contributed by atoms with Crippen molar-refractivity contribution in [2.24, 2.45) is 0 Å². The lowest BCUT2D eigenvalue weighted by atomic mass is 10.2. The molecule has 3 N–H and O–H groups in total. The van der Waals surface area contributed by atoms with E-state index in [1.807, 2.05) is 12.1 Å². The summed E-state index contributed by atoms with van der Waals surface area (Å²) in [5.41, 5.74) is 2.68. The highest BCUT2D eigenvalue weighted by Crippen LogP contribution is 2.17. The number of anilines is 3. The summed E-state index contributed by atoms with van der Waals surface area (Å²) < 4.78 is 0. The zero-order valence-electron chi connectivity index (χ0n) is 14.6. The normalized spacial score (nSPS) is 10.1. The van der Waals surface area contributed by atoms with Crippen LogP contribution in [-0.4, -0.2) is 26.8 Å². The van der Waals surface area contributed by atoms with Crippen molar-refractivity contribution in [3.63, 3.8) is 0 Å². The van der Waals surface area contributed by atoms with Crippen LogP contribution in [0.3, 0.4) is 0 Å². The van der Waals surface area contributed by atoms with Gasteiger partial charge in [-0.15, -0.1) is 0 Å². The summed E-state index contributed by atoms with van der Waals surface area (Å²) in [5, 5.41) is 8.61. The van der Waals surface area contributed by atoms with Gasteiger partial charge >= 0.3 is 0 Å². The third-order valence-corrected chi connectivity index (χ3v) is 3.58. The zero-order valence-corrected chi connectivity index (χ0v) is 14.6. The minimum absolute atomic E-state index is 0.131. The molecule has 2 amide bonds. The SMILES string of the molecule is CC(=O)Nc1ccc(Nc2cc(C(=O)NCc3ccncc3)ncn2)cc1. The van der Waals surface area contributed by atoms with Crippen molar-refractivity contribution < 1.29 is 9.59 Å². The van der Waals surface area contributed by atoms with Crippen LogP contribution in [0.4, 0.5) is 17.2 Å². The van der Waals surface area contributed by atoms with E-state index in [-0.39, 0.29) is 17.5 Å². The molecule has 0 spiro atoms. The summed E-state index contributed by atoms with van der Waals surface area (Å²) in [4.78, 5) is 35.4. The van der Waals surface area contributed by atoms with Crippen LogP contribution in [-0.2, 0) is 11.3 Å². The first-order valence-corrected chi connectivity index (χ1v) is 8.24. The topological polar surface area (TPSA) is 109 Å². The third kappa shape index (κ3) is 5.33. The summed E-state index contributed by atoms with van der Waals surface area (Å²) in [6, 6.07) is 12.4. The highest BCUT2D eigenvalue weighted by Gasteiger charge is 2.09. The van der Waals surface area contributed by atoms with Gasteiger partial charge in [0.15, 0.2) is 0 Å². The number of aromatic nitrogens is 3. The maximum absolute atomic E-state index is 12.3. The monoisotopic (exact) mass is 362 g/mol. The lowest BCUT2D eigenvalue weighted by Gasteiger charge is -2.09. The molecule has 8 nitrogen and oxygen atoms in total. The molecule has 2 heterocycles. The lowest BCUT2D eigenvalue weighted by Crippen LogP contribution is -2.24. The second-order valence-corrected chi connectivity index (χ2v) is 5.71. The fourth-order valence-corrected chi connectivity index (χ4v) is 2.31. The van der Waals surface area contributed by atoms with Crippen molar-refractivity contribution in [2.45, 2.75) is 13.5 Å². The van der Waals surface area contributed by atoms with E-state index in [0.29, 0.717) is 18.1 Å². The van der Waals surface area contributed by atoms with Gasteiger partial charge in [-0.1, -0.05) is 0 Å².